The van der Waals surface area contributed by atoms with Crippen LogP contribution in [0, 0.1) is 12.3 Å². The Kier molecular flexibility index (Phi) is 7.39. The third-order valence-corrected chi connectivity index (χ3v) is 10.6. The molecule has 1 aliphatic carbocycles. The summed E-state index contributed by atoms with van der Waals surface area (Å²) in [6, 6.07) is 9.08. The lowest BCUT2D eigenvalue weighted by molar-refractivity contribution is -0.0118. The lowest BCUT2D eigenvalue weighted by Gasteiger charge is -2.35. The maximum Gasteiger partial charge on any atom is 0.265 e. The average molecular weight is 605 g/mol. The van der Waals surface area contributed by atoms with E-state index in [1.165, 1.54) is 24.2 Å². The zero-order chi connectivity index (χ0) is 28.8. The van der Waals surface area contributed by atoms with Gasteiger partial charge in [0.2, 0.25) is 10.0 Å². The second kappa shape index (κ2) is 10.7. The van der Waals surface area contributed by atoms with Crippen LogP contribution in [-0.2, 0) is 10.0 Å². The first-order chi connectivity index (χ1) is 19.5. The molecule has 9 nitrogen and oxygen atoms in total. The third-order valence-electron chi connectivity index (χ3n) is 8.31. The number of aromatic nitrogens is 3. The molecule has 3 aliphatic rings. The molecule has 13 heteroatoms. The number of aryl methyl sites for hydroxylation is 1. The van der Waals surface area contributed by atoms with Gasteiger partial charge in [0.25, 0.3) is 5.92 Å². The van der Waals surface area contributed by atoms with Crippen LogP contribution in [0.25, 0.3) is 21.1 Å². The Bertz CT molecular complexity index is 1530. The summed E-state index contributed by atoms with van der Waals surface area (Å²) in [6.07, 6.45) is 5.05. The number of piperidine rings is 2. The number of aliphatic hydroxyl groups excluding tert-OH is 1. The van der Waals surface area contributed by atoms with E-state index in [1.54, 1.807) is 17.0 Å². The van der Waals surface area contributed by atoms with E-state index in [4.69, 9.17) is 5.11 Å². The first kappa shape index (κ1) is 28.2. The molecule has 2 saturated heterocycles. The van der Waals surface area contributed by atoms with Gasteiger partial charge in [-0.05, 0) is 74.8 Å². The Hall–Kier alpha value is -2.90. The SMILES string of the molecule is Cc1cc(-c2nnc(-c3ccc(NS(=O)(=O)CCO)cc3N3CCC4(CC3)CC4)s2)cc(N2CCCC(F)(F)C2)n1. The number of aliphatic hydroxyl groups is 1. The van der Waals surface area contributed by atoms with Crippen molar-refractivity contribution < 1.29 is 22.3 Å². The fourth-order valence-electron chi connectivity index (χ4n) is 5.83. The van der Waals surface area contributed by atoms with Gasteiger partial charge < -0.3 is 14.9 Å². The molecule has 0 radical (unpaired) electrons. The second-order valence-electron chi connectivity index (χ2n) is 11.5. The van der Waals surface area contributed by atoms with Crippen LogP contribution >= 0.6 is 11.3 Å². The largest absolute Gasteiger partial charge is 0.395 e. The average Bonchev–Trinajstić information content (AvgIpc) is 3.48. The predicted molar refractivity (Wildman–Crippen MR) is 157 cm³/mol. The molecular weight excluding hydrogens is 570 g/mol. The minimum absolute atomic E-state index is 0.107. The quantitative estimate of drug-likeness (QED) is 0.373. The van der Waals surface area contributed by atoms with Gasteiger partial charge in [-0.15, -0.1) is 10.2 Å². The summed E-state index contributed by atoms with van der Waals surface area (Å²) in [6.45, 7) is 3.31. The van der Waals surface area contributed by atoms with Gasteiger partial charge in [0, 0.05) is 48.6 Å². The minimum atomic E-state index is -3.68. The van der Waals surface area contributed by atoms with Crippen LogP contribution in [0.3, 0.4) is 0 Å². The molecule has 0 amide bonds. The molecule has 2 aliphatic heterocycles. The standard InChI is InChI=1S/C28H34F2N6O3S2/c1-19-15-20(16-24(31-19)36-10-2-5-28(29,30)18-36)25-32-33-26(40-25)22-4-3-21(34-41(38,39)14-13-37)17-23(22)35-11-8-27(6-7-27)9-12-35/h3-4,15-17,34,37H,2,5-14,18H2,1H3. The monoisotopic (exact) mass is 604 g/mol. The topological polar surface area (TPSA) is 112 Å². The van der Waals surface area contributed by atoms with Crippen molar-refractivity contribution in [1.29, 1.82) is 0 Å². The highest BCUT2D eigenvalue weighted by Crippen LogP contribution is 2.54. The summed E-state index contributed by atoms with van der Waals surface area (Å²) >= 11 is 1.41. The van der Waals surface area contributed by atoms with Gasteiger partial charge in [-0.2, -0.15) is 0 Å². The summed E-state index contributed by atoms with van der Waals surface area (Å²) in [4.78, 5) is 8.45. The third kappa shape index (κ3) is 6.31. The van der Waals surface area contributed by atoms with Crippen LogP contribution in [0.5, 0.6) is 0 Å². The summed E-state index contributed by atoms with van der Waals surface area (Å²) in [5, 5.41) is 19.4. The smallest absolute Gasteiger partial charge is 0.265 e. The van der Waals surface area contributed by atoms with Crippen molar-refractivity contribution in [2.45, 2.75) is 51.4 Å². The number of sulfonamides is 1. The number of nitrogens with zero attached hydrogens (tertiary/aromatic N) is 5. The second-order valence-corrected chi connectivity index (χ2v) is 14.3. The maximum absolute atomic E-state index is 14.1. The van der Waals surface area contributed by atoms with Crippen molar-refractivity contribution in [1.82, 2.24) is 15.2 Å². The van der Waals surface area contributed by atoms with E-state index >= 15 is 0 Å². The van der Waals surface area contributed by atoms with Crippen LogP contribution in [-0.4, -0.2) is 73.2 Å². The Morgan fingerprint density at radius 2 is 1.76 bits per heavy atom. The number of alkyl halides is 2. The highest BCUT2D eigenvalue weighted by Gasteiger charge is 2.44. The molecule has 4 heterocycles. The van der Waals surface area contributed by atoms with Crippen LogP contribution in [0.1, 0.15) is 44.2 Å². The van der Waals surface area contributed by atoms with Crippen molar-refractivity contribution in [2.24, 2.45) is 5.41 Å². The molecular formula is C28H34F2N6O3S2. The number of anilines is 3. The Morgan fingerprint density at radius 1 is 1.00 bits per heavy atom. The number of hydrogen-bond donors (Lipinski definition) is 2. The summed E-state index contributed by atoms with van der Waals surface area (Å²) in [7, 11) is -3.68. The number of nitrogens with one attached hydrogen (secondary N) is 1. The van der Waals surface area contributed by atoms with E-state index < -0.39 is 22.6 Å². The number of hydrogen-bond acceptors (Lipinski definition) is 9. The van der Waals surface area contributed by atoms with Crippen LogP contribution < -0.4 is 14.5 Å². The molecule has 0 atom stereocenters. The van der Waals surface area contributed by atoms with Crippen molar-refractivity contribution >= 4 is 38.6 Å². The summed E-state index contributed by atoms with van der Waals surface area (Å²) in [5.41, 5.74) is 4.13. The van der Waals surface area contributed by atoms with Gasteiger partial charge in [0.05, 0.1) is 24.6 Å². The van der Waals surface area contributed by atoms with Crippen LogP contribution in [0.4, 0.5) is 26.0 Å². The molecule has 0 unspecified atom stereocenters. The Balaban J connectivity index is 1.32. The molecule has 2 aromatic heterocycles. The Morgan fingerprint density at radius 3 is 2.46 bits per heavy atom. The van der Waals surface area contributed by atoms with Crippen molar-refractivity contribution in [3.05, 3.63) is 36.0 Å². The van der Waals surface area contributed by atoms with Crippen LogP contribution in [0.2, 0.25) is 0 Å². The number of benzene rings is 1. The molecule has 2 N–H and O–H groups in total. The zero-order valence-electron chi connectivity index (χ0n) is 22.9. The molecule has 0 bridgehead atoms. The lowest BCUT2D eigenvalue weighted by Crippen LogP contribution is -2.43. The lowest BCUT2D eigenvalue weighted by atomic mass is 9.93. The number of rotatable bonds is 8. The van der Waals surface area contributed by atoms with Gasteiger partial charge in [-0.1, -0.05) is 11.3 Å². The molecule has 6 rings (SSSR count). The normalized spacial score (nSPS) is 19.9. The van der Waals surface area contributed by atoms with E-state index in [0.29, 0.717) is 45.6 Å². The van der Waals surface area contributed by atoms with Crippen molar-refractivity contribution in [3.63, 3.8) is 0 Å². The van der Waals surface area contributed by atoms with E-state index in [-0.39, 0.29) is 18.7 Å². The van der Waals surface area contributed by atoms with Gasteiger partial charge >= 0.3 is 0 Å². The number of pyridine rings is 1. The van der Waals surface area contributed by atoms with Crippen molar-refractivity contribution in [3.8, 4) is 21.1 Å². The fourth-order valence-corrected chi connectivity index (χ4v) is 7.53. The van der Waals surface area contributed by atoms with Gasteiger partial charge in [-0.3, -0.25) is 4.72 Å². The van der Waals surface area contributed by atoms with Crippen LogP contribution in [0.15, 0.2) is 30.3 Å². The van der Waals surface area contributed by atoms with Crippen molar-refractivity contribution in [2.75, 3.05) is 53.1 Å². The maximum atomic E-state index is 14.1. The number of halogens is 2. The fraction of sp³-hybridized carbons (Fsp3) is 0.536. The first-order valence-corrected chi connectivity index (χ1v) is 16.5. The van der Waals surface area contributed by atoms with Gasteiger partial charge in [0.1, 0.15) is 15.8 Å². The van der Waals surface area contributed by atoms with E-state index in [0.717, 1.165) is 42.7 Å². The highest BCUT2D eigenvalue weighted by molar-refractivity contribution is 7.92. The first-order valence-electron chi connectivity index (χ1n) is 14.0. The summed E-state index contributed by atoms with van der Waals surface area (Å²) < 4.78 is 55.5. The zero-order valence-corrected chi connectivity index (χ0v) is 24.6. The molecule has 3 aromatic rings. The molecule has 220 valence electrons. The molecule has 1 saturated carbocycles. The molecule has 3 fully saturated rings. The molecule has 1 spiro atoms. The highest BCUT2D eigenvalue weighted by atomic mass is 32.2. The van der Waals surface area contributed by atoms with Gasteiger partial charge in [0.15, 0.2) is 0 Å². The van der Waals surface area contributed by atoms with E-state index in [1.807, 2.05) is 25.1 Å². The molecule has 41 heavy (non-hydrogen) atoms. The Labute approximate surface area is 242 Å². The van der Waals surface area contributed by atoms with Gasteiger partial charge in [-0.25, -0.2) is 22.2 Å². The van der Waals surface area contributed by atoms with E-state index in [9.17, 15) is 17.2 Å². The molecule has 1 aromatic carbocycles. The van der Waals surface area contributed by atoms with E-state index in [2.05, 4.69) is 24.8 Å². The predicted octanol–water partition coefficient (Wildman–Crippen LogP) is 4.93. The minimum Gasteiger partial charge on any atom is -0.395 e. The summed E-state index contributed by atoms with van der Waals surface area (Å²) in [5.74, 6) is -2.60.